The number of Topliss-reactive ketones (excluding diaryl/α,β-unsaturated/α-hetero) is 1. The molecule has 0 bridgehead atoms. The van der Waals surface area contributed by atoms with Crippen molar-refractivity contribution in [1.29, 1.82) is 0 Å². The lowest BCUT2D eigenvalue weighted by Crippen LogP contribution is -2.11. The van der Waals surface area contributed by atoms with Gasteiger partial charge in [0.05, 0.1) is 11.8 Å². The number of rotatable bonds is 4. The van der Waals surface area contributed by atoms with Gasteiger partial charge in [-0.05, 0) is 11.5 Å². The first kappa shape index (κ1) is 12.8. The molecule has 2 heterocycles. The standard InChI is InChI=1S/C11H14N4O2S/c1-6(2)10-13-11(18-14-10)7-4-12-15(3)9(7)8(17)5-16/h4,6,16H,5H2,1-3H3. The molecule has 0 amide bonds. The third-order valence-corrected chi connectivity index (χ3v) is 3.30. The number of aliphatic hydroxyl groups excluding tert-OH is 1. The largest absolute Gasteiger partial charge is 0.388 e. The van der Waals surface area contributed by atoms with E-state index in [2.05, 4.69) is 14.5 Å². The van der Waals surface area contributed by atoms with E-state index in [0.29, 0.717) is 16.3 Å². The highest BCUT2D eigenvalue weighted by Crippen LogP contribution is 2.27. The predicted octanol–water partition coefficient (Wildman–Crippen LogP) is 1.24. The van der Waals surface area contributed by atoms with Crippen LogP contribution in [0.2, 0.25) is 0 Å². The van der Waals surface area contributed by atoms with Crippen molar-refractivity contribution in [3.8, 4) is 10.6 Å². The summed E-state index contributed by atoms with van der Waals surface area (Å²) in [4.78, 5) is 16.1. The Balaban J connectivity index is 2.47. The first-order chi connectivity index (χ1) is 8.54. The molecule has 0 saturated heterocycles. The van der Waals surface area contributed by atoms with E-state index in [0.717, 1.165) is 5.82 Å². The molecule has 0 aliphatic rings. The van der Waals surface area contributed by atoms with Gasteiger partial charge in [-0.25, -0.2) is 4.98 Å². The number of carbonyl (C=O) groups excluding carboxylic acids is 1. The van der Waals surface area contributed by atoms with Crippen molar-refractivity contribution in [2.75, 3.05) is 6.61 Å². The molecule has 2 rings (SSSR count). The van der Waals surface area contributed by atoms with Gasteiger partial charge >= 0.3 is 0 Å². The number of carbonyl (C=O) groups is 1. The number of hydrogen-bond acceptors (Lipinski definition) is 6. The summed E-state index contributed by atoms with van der Waals surface area (Å²) in [5.41, 5.74) is 0.991. The lowest BCUT2D eigenvalue weighted by molar-refractivity contribution is 0.0895. The molecule has 0 spiro atoms. The maximum Gasteiger partial charge on any atom is 0.206 e. The quantitative estimate of drug-likeness (QED) is 0.842. The van der Waals surface area contributed by atoms with Crippen molar-refractivity contribution >= 4 is 17.3 Å². The lowest BCUT2D eigenvalue weighted by atomic mass is 10.2. The van der Waals surface area contributed by atoms with Crippen LogP contribution >= 0.6 is 11.5 Å². The highest BCUT2D eigenvalue weighted by molar-refractivity contribution is 7.09. The van der Waals surface area contributed by atoms with Crippen molar-refractivity contribution < 1.29 is 9.90 Å². The van der Waals surface area contributed by atoms with Crippen LogP contribution < -0.4 is 0 Å². The molecule has 7 heteroatoms. The molecule has 1 N–H and O–H groups in total. The molecular weight excluding hydrogens is 252 g/mol. The molecule has 0 aromatic carbocycles. The van der Waals surface area contributed by atoms with Crippen LogP contribution in [0.25, 0.3) is 10.6 Å². The van der Waals surface area contributed by atoms with E-state index >= 15 is 0 Å². The van der Waals surface area contributed by atoms with Crippen molar-refractivity contribution in [3.05, 3.63) is 17.7 Å². The minimum absolute atomic E-state index is 0.240. The highest BCUT2D eigenvalue weighted by atomic mass is 32.1. The zero-order chi connectivity index (χ0) is 13.3. The minimum Gasteiger partial charge on any atom is -0.388 e. The van der Waals surface area contributed by atoms with Gasteiger partial charge in [-0.2, -0.15) is 9.47 Å². The number of aliphatic hydroxyl groups is 1. The summed E-state index contributed by atoms with van der Waals surface area (Å²) in [6.07, 6.45) is 1.58. The molecule has 0 atom stereocenters. The topological polar surface area (TPSA) is 80.9 Å². The van der Waals surface area contributed by atoms with Crippen LogP contribution in [0.4, 0.5) is 0 Å². The maximum atomic E-state index is 11.7. The summed E-state index contributed by atoms with van der Waals surface area (Å²) in [6, 6.07) is 0. The Morgan fingerprint density at radius 2 is 2.28 bits per heavy atom. The second-order valence-corrected chi connectivity index (χ2v) is 4.98. The number of aryl methyl sites for hydroxylation is 1. The van der Waals surface area contributed by atoms with Crippen molar-refractivity contribution in [3.63, 3.8) is 0 Å². The molecule has 0 aliphatic heterocycles. The van der Waals surface area contributed by atoms with E-state index in [9.17, 15) is 4.79 Å². The van der Waals surface area contributed by atoms with Gasteiger partial charge in [-0.15, -0.1) is 0 Å². The zero-order valence-corrected chi connectivity index (χ0v) is 11.2. The van der Waals surface area contributed by atoms with Crippen molar-refractivity contribution in [1.82, 2.24) is 19.1 Å². The number of ketones is 1. The summed E-state index contributed by atoms with van der Waals surface area (Å²) in [6.45, 7) is 3.48. The van der Waals surface area contributed by atoms with Gasteiger partial charge in [-0.3, -0.25) is 9.48 Å². The third-order valence-electron chi connectivity index (χ3n) is 2.54. The van der Waals surface area contributed by atoms with E-state index in [1.807, 2.05) is 13.8 Å². The van der Waals surface area contributed by atoms with Crippen LogP contribution in [0.1, 0.15) is 36.1 Å². The first-order valence-corrected chi connectivity index (χ1v) is 6.32. The van der Waals surface area contributed by atoms with E-state index in [1.54, 1.807) is 13.2 Å². The molecule has 2 aromatic rings. The summed E-state index contributed by atoms with van der Waals surface area (Å²) in [7, 11) is 1.66. The van der Waals surface area contributed by atoms with Crippen LogP contribution in [0.5, 0.6) is 0 Å². The second kappa shape index (κ2) is 4.95. The minimum atomic E-state index is -0.539. The average Bonchev–Trinajstić information content (AvgIpc) is 2.94. The second-order valence-electron chi connectivity index (χ2n) is 4.22. The summed E-state index contributed by atoms with van der Waals surface area (Å²) in [5.74, 6) is 0.621. The van der Waals surface area contributed by atoms with E-state index in [-0.39, 0.29) is 11.7 Å². The Morgan fingerprint density at radius 1 is 1.56 bits per heavy atom. The Morgan fingerprint density at radius 3 is 2.83 bits per heavy atom. The first-order valence-electron chi connectivity index (χ1n) is 5.54. The van der Waals surface area contributed by atoms with Crippen LogP contribution in [0.3, 0.4) is 0 Å². The zero-order valence-electron chi connectivity index (χ0n) is 10.4. The van der Waals surface area contributed by atoms with Gasteiger partial charge in [0.2, 0.25) is 5.78 Å². The predicted molar refractivity (Wildman–Crippen MR) is 67.6 cm³/mol. The van der Waals surface area contributed by atoms with E-state index < -0.39 is 6.61 Å². The van der Waals surface area contributed by atoms with Gasteiger partial charge in [0.1, 0.15) is 23.1 Å². The molecule has 0 saturated carbocycles. The monoisotopic (exact) mass is 266 g/mol. The Labute approximate surface area is 108 Å². The highest BCUT2D eigenvalue weighted by Gasteiger charge is 2.20. The molecule has 0 unspecified atom stereocenters. The molecule has 6 nitrogen and oxygen atoms in total. The van der Waals surface area contributed by atoms with Crippen molar-refractivity contribution in [2.45, 2.75) is 19.8 Å². The molecule has 0 aliphatic carbocycles. The SMILES string of the molecule is CC(C)c1nsc(-c2cnn(C)c2C(=O)CO)n1. The van der Waals surface area contributed by atoms with Crippen LogP contribution in [-0.2, 0) is 7.05 Å². The van der Waals surface area contributed by atoms with Gasteiger partial charge in [-0.1, -0.05) is 13.8 Å². The lowest BCUT2D eigenvalue weighted by Gasteiger charge is -2.00. The van der Waals surface area contributed by atoms with E-state index in [1.165, 1.54) is 16.2 Å². The van der Waals surface area contributed by atoms with E-state index in [4.69, 9.17) is 5.11 Å². The average molecular weight is 266 g/mol. The summed E-state index contributed by atoms with van der Waals surface area (Å²) in [5, 5.41) is 13.7. The maximum absolute atomic E-state index is 11.7. The van der Waals surface area contributed by atoms with Crippen LogP contribution in [-0.4, -0.2) is 36.6 Å². The van der Waals surface area contributed by atoms with Crippen LogP contribution in [0, 0.1) is 0 Å². The molecule has 96 valence electrons. The van der Waals surface area contributed by atoms with Crippen molar-refractivity contribution in [2.24, 2.45) is 7.05 Å². The summed E-state index contributed by atoms with van der Waals surface area (Å²) >= 11 is 1.24. The Bertz CT molecular complexity index is 573. The van der Waals surface area contributed by atoms with Gasteiger partial charge in [0.15, 0.2) is 0 Å². The summed E-state index contributed by atoms with van der Waals surface area (Å²) < 4.78 is 5.70. The molecule has 2 aromatic heterocycles. The molecular formula is C11H14N4O2S. The fourth-order valence-electron chi connectivity index (χ4n) is 1.58. The smallest absolute Gasteiger partial charge is 0.206 e. The number of hydrogen-bond donors (Lipinski definition) is 1. The molecule has 0 radical (unpaired) electrons. The number of nitrogens with zero attached hydrogens (tertiary/aromatic N) is 4. The Hall–Kier alpha value is -1.60. The fraction of sp³-hybridized carbons (Fsp3) is 0.455. The van der Waals surface area contributed by atoms with Gasteiger partial charge in [0.25, 0.3) is 0 Å². The number of aromatic nitrogens is 4. The van der Waals surface area contributed by atoms with Gasteiger partial charge in [0, 0.05) is 13.0 Å². The molecule has 18 heavy (non-hydrogen) atoms. The molecule has 0 fully saturated rings. The van der Waals surface area contributed by atoms with Gasteiger partial charge < -0.3 is 5.11 Å². The third kappa shape index (κ3) is 2.19. The Kier molecular flexibility index (Phi) is 3.53. The normalized spacial score (nSPS) is 11.2. The fourth-order valence-corrected chi connectivity index (χ4v) is 2.39. The van der Waals surface area contributed by atoms with Crippen LogP contribution in [0.15, 0.2) is 6.20 Å².